The maximum Gasteiger partial charge on any atom is 0.407 e. The van der Waals surface area contributed by atoms with Crippen molar-refractivity contribution < 1.29 is 14.3 Å². The highest BCUT2D eigenvalue weighted by molar-refractivity contribution is 5.80. The first kappa shape index (κ1) is 22.1. The van der Waals surface area contributed by atoms with Crippen LogP contribution in [0.25, 0.3) is 0 Å². The van der Waals surface area contributed by atoms with Gasteiger partial charge in [0.2, 0.25) is 5.91 Å². The van der Waals surface area contributed by atoms with Gasteiger partial charge in [0.15, 0.2) is 0 Å². The Hall–Kier alpha value is -3.59. The van der Waals surface area contributed by atoms with Gasteiger partial charge < -0.3 is 15.4 Å². The third kappa shape index (κ3) is 6.71. The molecule has 0 radical (unpaired) electrons. The molecule has 6 nitrogen and oxygen atoms in total. The molecule has 0 aromatic heterocycles. The number of fused-ring (bicyclic) bond motifs is 2. The van der Waals surface area contributed by atoms with Crippen LogP contribution in [0.3, 0.4) is 0 Å². The van der Waals surface area contributed by atoms with Crippen molar-refractivity contribution >= 4 is 12.0 Å². The maximum absolute atomic E-state index is 12.5. The fourth-order valence-corrected chi connectivity index (χ4v) is 3.53. The number of alkyl carbamates (subject to hydrolysis) is 1. The summed E-state index contributed by atoms with van der Waals surface area (Å²) < 4.78 is 5.39. The molecule has 6 heteroatoms. The fourth-order valence-electron chi connectivity index (χ4n) is 3.53. The molecule has 160 valence electrons. The Morgan fingerprint density at radius 3 is 2.81 bits per heavy atom. The van der Waals surface area contributed by atoms with Crippen LogP contribution in [0.1, 0.15) is 42.5 Å². The van der Waals surface area contributed by atoms with Crippen molar-refractivity contribution in [2.45, 2.75) is 44.9 Å². The molecule has 0 fully saturated rings. The van der Waals surface area contributed by atoms with E-state index in [0.717, 1.165) is 16.7 Å². The highest BCUT2D eigenvalue weighted by Gasteiger charge is 2.20. The van der Waals surface area contributed by atoms with Gasteiger partial charge in [-0.3, -0.25) is 4.79 Å². The minimum absolute atomic E-state index is 0.111. The van der Waals surface area contributed by atoms with E-state index in [4.69, 9.17) is 10.00 Å². The van der Waals surface area contributed by atoms with E-state index in [1.54, 1.807) is 0 Å². The van der Waals surface area contributed by atoms with Crippen LogP contribution in [0, 0.1) is 17.2 Å². The van der Waals surface area contributed by atoms with E-state index in [-0.39, 0.29) is 36.9 Å². The molecule has 0 saturated heterocycles. The summed E-state index contributed by atoms with van der Waals surface area (Å²) in [5.74, 6) is -0.440. The molecule has 0 saturated carbocycles. The van der Waals surface area contributed by atoms with Gasteiger partial charge in [0.1, 0.15) is 6.61 Å². The van der Waals surface area contributed by atoms with Gasteiger partial charge in [0.25, 0.3) is 0 Å². The molecule has 2 aromatic rings. The molecule has 2 bridgehead atoms. The monoisotopic (exact) mass is 417 g/mol. The summed E-state index contributed by atoms with van der Waals surface area (Å²) in [5.41, 5.74) is 2.87. The Bertz CT molecular complexity index is 965. The molecular weight excluding hydrogens is 390 g/mol. The lowest BCUT2D eigenvalue weighted by Gasteiger charge is -2.22. The van der Waals surface area contributed by atoms with Gasteiger partial charge in [-0.2, -0.15) is 5.26 Å². The predicted octanol–water partition coefficient (Wildman–Crippen LogP) is 4.19. The smallest absolute Gasteiger partial charge is 0.407 e. The summed E-state index contributed by atoms with van der Waals surface area (Å²) in [5, 5.41) is 15.0. The Morgan fingerprint density at radius 1 is 1.23 bits per heavy atom. The molecule has 1 aliphatic rings. The number of ether oxygens (including phenoxy) is 1. The highest BCUT2D eigenvalue weighted by Crippen LogP contribution is 2.21. The number of nitriles is 1. The number of hydrogen-bond acceptors (Lipinski definition) is 4. The van der Waals surface area contributed by atoms with E-state index in [2.05, 4.69) is 16.7 Å². The second kappa shape index (κ2) is 11.0. The van der Waals surface area contributed by atoms with Crippen molar-refractivity contribution in [3.63, 3.8) is 0 Å². The SMILES string of the molecule is C[C@@H]1/C=C/C[C@H](NC(=O)OCc2ccccc2)c2cccc(c2)CC(CC#N)NC1=O. The number of carbonyl (C=O) groups excluding carboxylic acids is 2. The van der Waals surface area contributed by atoms with Crippen LogP contribution < -0.4 is 10.6 Å². The van der Waals surface area contributed by atoms with Crippen LogP contribution in [0.4, 0.5) is 4.79 Å². The third-order valence-electron chi connectivity index (χ3n) is 5.23. The van der Waals surface area contributed by atoms with Gasteiger partial charge in [-0.05, 0) is 29.5 Å². The number of rotatable bonds is 4. The average Bonchev–Trinajstić information content (AvgIpc) is 2.77. The normalized spacial score (nSPS) is 22.1. The van der Waals surface area contributed by atoms with Crippen LogP contribution in [-0.4, -0.2) is 18.0 Å². The average molecular weight is 418 g/mol. The van der Waals surface area contributed by atoms with E-state index in [1.807, 2.05) is 73.7 Å². The summed E-state index contributed by atoms with van der Waals surface area (Å²) in [6, 6.07) is 19.0. The van der Waals surface area contributed by atoms with Gasteiger partial charge in [-0.15, -0.1) is 0 Å². The van der Waals surface area contributed by atoms with E-state index in [0.29, 0.717) is 12.8 Å². The number of nitrogens with zero attached hydrogens (tertiary/aromatic N) is 1. The van der Waals surface area contributed by atoms with Gasteiger partial charge in [-0.25, -0.2) is 4.79 Å². The summed E-state index contributed by atoms with van der Waals surface area (Å²) in [4.78, 5) is 24.9. The summed E-state index contributed by atoms with van der Waals surface area (Å²) in [7, 11) is 0. The second-order valence-electron chi connectivity index (χ2n) is 7.73. The summed E-state index contributed by atoms with van der Waals surface area (Å²) >= 11 is 0. The minimum Gasteiger partial charge on any atom is -0.445 e. The summed E-state index contributed by atoms with van der Waals surface area (Å²) in [6.07, 6.45) is 4.55. The maximum atomic E-state index is 12.5. The van der Waals surface area contributed by atoms with Crippen LogP contribution in [-0.2, 0) is 22.6 Å². The molecule has 0 spiro atoms. The number of amides is 2. The van der Waals surface area contributed by atoms with Gasteiger partial charge in [0.05, 0.1) is 24.4 Å². The zero-order valence-electron chi connectivity index (χ0n) is 17.6. The van der Waals surface area contributed by atoms with E-state index in [9.17, 15) is 9.59 Å². The molecule has 0 aliphatic carbocycles. The zero-order chi connectivity index (χ0) is 22.1. The first-order valence-corrected chi connectivity index (χ1v) is 10.4. The number of nitrogens with one attached hydrogen (secondary N) is 2. The molecule has 2 aromatic carbocycles. The zero-order valence-corrected chi connectivity index (χ0v) is 17.6. The Labute approximate surface area is 182 Å². The first-order chi connectivity index (χ1) is 15.0. The van der Waals surface area contributed by atoms with Crippen LogP contribution >= 0.6 is 0 Å². The van der Waals surface area contributed by atoms with E-state index < -0.39 is 6.09 Å². The van der Waals surface area contributed by atoms with Crippen molar-refractivity contribution in [2.24, 2.45) is 5.92 Å². The molecule has 1 aliphatic heterocycles. The molecule has 1 heterocycles. The van der Waals surface area contributed by atoms with Gasteiger partial charge in [-0.1, -0.05) is 73.7 Å². The highest BCUT2D eigenvalue weighted by atomic mass is 16.5. The Kier molecular flexibility index (Phi) is 7.83. The Balaban J connectivity index is 1.77. The van der Waals surface area contributed by atoms with Crippen LogP contribution in [0.2, 0.25) is 0 Å². The molecule has 3 atom stereocenters. The first-order valence-electron chi connectivity index (χ1n) is 10.4. The predicted molar refractivity (Wildman–Crippen MR) is 118 cm³/mol. The topological polar surface area (TPSA) is 91.2 Å². The minimum atomic E-state index is -0.493. The number of hydrogen-bond donors (Lipinski definition) is 2. The molecule has 2 amide bonds. The van der Waals surface area contributed by atoms with E-state index in [1.165, 1.54) is 0 Å². The van der Waals surface area contributed by atoms with Gasteiger partial charge >= 0.3 is 6.09 Å². The van der Waals surface area contributed by atoms with Crippen LogP contribution in [0.15, 0.2) is 66.7 Å². The third-order valence-corrected chi connectivity index (χ3v) is 5.23. The fraction of sp³-hybridized carbons (Fsp3) is 0.320. The molecule has 31 heavy (non-hydrogen) atoms. The van der Waals surface area contributed by atoms with Crippen molar-refractivity contribution in [1.29, 1.82) is 5.26 Å². The Morgan fingerprint density at radius 2 is 2.03 bits per heavy atom. The van der Waals surface area contributed by atoms with Crippen molar-refractivity contribution in [2.75, 3.05) is 0 Å². The molecule has 2 N–H and O–H groups in total. The molecular formula is C25H27N3O3. The molecule has 1 unspecified atom stereocenters. The standard InChI is InChI=1S/C25H27N3O3/c1-18-7-5-12-23(28-25(30)31-17-19-8-3-2-4-9-19)21-11-6-10-20(15-21)16-22(13-14-26)27-24(18)29/h2-11,15,18,22-23H,12-13,16-17H2,1H3,(H,27,29)(H,28,30)/b7-5+/t18-,22?,23+/m1/s1. The lowest BCUT2D eigenvalue weighted by molar-refractivity contribution is -0.123. The number of carbonyl (C=O) groups is 2. The van der Waals surface area contributed by atoms with Crippen molar-refractivity contribution in [3.8, 4) is 6.07 Å². The van der Waals surface area contributed by atoms with Crippen LogP contribution in [0.5, 0.6) is 0 Å². The second-order valence-corrected chi connectivity index (χ2v) is 7.73. The number of benzene rings is 2. The summed E-state index contributed by atoms with van der Waals surface area (Å²) in [6.45, 7) is 2.01. The quantitative estimate of drug-likeness (QED) is 0.730. The largest absolute Gasteiger partial charge is 0.445 e. The molecule has 3 rings (SSSR count). The van der Waals surface area contributed by atoms with Crippen molar-refractivity contribution in [3.05, 3.63) is 83.4 Å². The van der Waals surface area contributed by atoms with Gasteiger partial charge in [0, 0.05) is 6.04 Å². The lowest BCUT2D eigenvalue weighted by atomic mass is 9.95. The van der Waals surface area contributed by atoms with Crippen molar-refractivity contribution in [1.82, 2.24) is 10.6 Å². The lowest BCUT2D eigenvalue weighted by Crippen LogP contribution is -2.39. The van der Waals surface area contributed by atoms with E-state index >= 15 is 0 Å².